The number of rotatable bonds is 6. The van der Waals surface area contributed by atoms with E-state index in [2.05, 4.69) is 4.98 Å². The smallest absolute Gasteiger partial charge is 0.355 e. The molecule has 0 aliphatic rings. The molecule has 0 bridgehead atoms. The highest BCUT2D eigenvalue weighted by Gasteiger charge is 2.29. The van der Waals surface area contributed by atoms with Crippen molar-refractivity contribution < 1.29 is 29.3 Å². The highest BCUT2D eigenvalue weighted by Crippen LogP contribution is 2.22. The number of carbonyl (C=O) groups excluding carboxylic acids is 1. The number of H-pyrrole nitrogens is 1. The average molecular weight is 269 g/mol. The van der Waals surface area contributed by atoms with E-state index < -0.39 is 23.6 Å². The first-order valence-corrected chi connectivity index (χ1v) is 5.82. The van der Waals surface area contributed by atoms with Crippen LogP contribution in [0.4, 0.5) is 0 Å². The van der Waals surface area contributed by atoms with Crippen LogP contribution in [0.25, 0.3) is 0 Å². The maximum Gasteiger partial charge on any atom is 0.355 e. The lowest BCUT2D eigenvalue weighted by atomic mass is 10.0. The molecule has 0 atom stereocenters. The van der Waals surface area contributed by atoms with Gasteiger partial charge in [-0.1, -0.05) is 13.3 Å². The number of nitrogens with one attached hydrogen (secondary N) is 1. The Balaban J connectivity index is 3.46. The van der Waals surface area contributed by atoms with Crippen molar-refractivity contribution in [2.45, 2.75) is 26.7 Å². The number of carbonyl (C=O) groups is 3. The van der Waals surface area contributed by atoms with E-state index in [1.54, 1.807) is 13.8 Å². The van der Waals surface area contributed by atoms with Crippen LogP contribution in [-0.4, -0.2) is 39.7 Å². The zero-order valence-electron chi connectivity index (χ0n) is 10.6. The third kappa shape index (κ3) is 2.93. The van der Waals surface area contributed by atoms with Crippen LogP contribution in [0, 0.1) is 0 Å². The number of aromatic amines is 1. The predicted molar refractivity (Wildman–Crippen MR) is 64.7 cm³/mol. The summed E-state index contributed by atoms with van der Waals surface area (Å²) >= 11 is 0. The van der Waals surface area contributed by atoms with Crippen molar-refractivity contribution in [2.75, 3.05) is 6.61 Å². The maximum atomic E-state index is 11.7. The molecular formula is C12H15NO6. The third-order valence-electron chi connectivity index (χ3n) is 2.51. The summed E-state index contributed by atoms with van der Waals surface area (Å²) in [6.45, 7) is 3.53. The van der Waals surface area contributed by atoms with Gasteiger partial charge in [-0.05, 0) is 18.9 Å². The summed E-state index contributed by atoms with van der Waals surface area (Å²) in [5.41, 5.74) is -0.805. The summed E-state index contributed by atoms with van der Waals surface area (Å²) in [6, 6.07) is 0. The highest BCUT2D eigenvalue weighted by molar-refractivity contribution is 6.05. The van der Waals surface area contributed by atoms with E-state index in [0.717, 1.165) is 0 Å². The Morgan fingerprint density at radius 3 is 2.16 bits per heavy atom. The zero-order chi connectivity index (χ0) is 14.6. The fourth-order valence-corrected chi connectivity index (χ4v) is 1.81. The van der Waals surface area contributed by atoms with Crippen molar-refractivity contribution in [3.63, 3.8) is 0 Å². The summed E-state index contributed by atoms with van der Waals surface area (Å²) in [5.74, 6) is -3.56. The number of aromatic carboxylic acids is 2. The topological polar surface area (TPSA) is 117 Å². The van der Waals surface area contributed by atoms with E-state index >= 15 is 0 Å². The number of hydrogen-bond donors (Lipinski definition) is 3. The van der Waals surface area contributed by atoms with Gasteiger partial charge < -0.3 is 19.9 Å². The van der Waals surface area contributed by atoms with Crippen molar-refractivity contribution in [1.29, 1.82) is 0 Å². The lowest BCUT2D eigenvalue weighted by molar-refractivity contribution is 0.0519. The standard InChI is InChI=1S/C12H15NO6/c1-3-5-6-7(10(14)15)9(11(16)17)13-8(6)12(18)19-4-2/h13H,3-5H2,1-2H3,(H,14,15)(H,16,17). The van der Waals surface area contributed by atoms with Gasteiger partial charge in [0.2, 0.25) is 0 Å². The second-order valence-electron chi connectivity index (χ2n) is 3.81. The lowest BCUT2D eigenvalue weighted by Crippen LogP contribution is -2.09. The molecule has 1 heterocycles. The van der Waals surface area contributed by atoms with Crippen molar-refractivity contribution >= 4 is 17.9 Å². The molecule has 0 aliphatic heterocycles. The van der Waals surface area contributed by atoms with E-state index in [1.165, 1.54) is 0 Å². The second kappa shape index (κ2) is 6.03. The van der Waals surface area contributed by atoms with Gasteiger partial charge in [0.1, 0.15) is 11.4 Å². The molecule has 19 heavy (non-hydrogen) atoms. The molecule has 0 amide bonds. The van der Waals surface area contributed by atoms with E-state index in [9.17, 15) is 14.4 Å². The molecule has 0 unspecified atom stereocenters. The van der Waals surface area contributed by atoms with Crippen LogP contribution in [0.1, 0.15) is 57.2 Å². The minimum Gasteiger partial charge on any atom is -0.478 e. The Morgan fingerprint density at radius 2 is 1.74 bits per heavy atom. The number of hydrogen-bond acceptors (Lipinski definition) is 4. The molecule has 0 saturated carbocycles. The van der Waals surface area contributed by atoms with Crippen molar-refractivity contribution in [1.82, 2.24) is 4.98 Å². The molecule has 1 rings (SSSR count). The highest BCUT2D eigenvalue weighted by atomic mass is 16.5. The van der Waals surface area contributed by atoms with Crippen LogP contribution in [0.3, 0.4) is 0 Å². The average Bonchev–Trinajstić information content (AvgIpc) is 2.69. The van der Waals surface area contributed by atoms with Gasteiger partial charge in [0.25, 0.3) is 0 Å². The first kappa shape index (κ1) is 14.7. The first-order valence-electron chi connectivity index (χ1n) is 5.82. The fraction of sp³-hybridized carbons (Fsp3) is 0.417. The van der Waals surface area contributed by atoms with Crippen molar-refractivity contribution in [3.05, 3.63) is 22.5 Å². The van der Waals surface area contributed by atoms with Gasteiger partial charge in [-0.15, -0.1) is 0 Å². The minimum atomic E-state index is -1.43. The number of carboxylic acid groups (broad SMARTS) is 2. The SMILES string of the molecule is CCCc1c(C(=O)OCC)[nH]c(C(=O)O)c1C(=O)O. The molecule has 0 fully saturated rings. The largest absolute Gasteiger partial charge is 0.478 e. The van der Waals surface area contributed by atoms with E-state index in [4.69, 9.17) is 14.9 Å². The summed E-state index contributed by atoms with van der Waals surface area (Å²) in [7, 11) is 0. The van der Waals surface area contributed by atoms with Gasteiger partial charge >= 0.3 is 17.9 Å². The zero-order valence-corrected chi connectivity index (χ0v) is 10.6. The molecule has 104 valence electrons. The Morgan fingerprint density at radius 1 is 1.11 bits per heavy atom. The van der Waals surface area contributed by atoms with Crippen LogP contribution in [0.5, 0.6) is 0 Å². The van der Waals surface area contributed by atoms with Gasteiger partial charge in [0, 0.05) is 0 Å². The molecule has 0 aromatic carbocycles. The fourth-order valence-electron chi connectivity index (χ4n) is 1.81. The molecule has 1 aromatic heterocycles. The Labute approximate surface area is 109 Å². The molecule has 3 N–H and O–H groups in total. The second-order valence-corrected chi connectivity index (χ2v) is 3.81. The Bertz CT molecular complexity index is 517. The molecule has 1 aromatic rings. The third-order valence-corrected chi connectivity index (χ3v) is 2.51. The summed E-state index contributed by atoms with van der Waals surface area (Å²) in [5, 5.41) is 18.1. The predicted octanol–water partition coefficient (Wildman–Crippen LogP) is 1.54. The van der Waals surface area contributed by atoms with Gasteiger partial charge in [0.15, 0.2) is 0 Å². The summed E-state index contributed by atoms with van der Waals surface area (Å²) in [6.07, 6.45) is 0.850. The summed E-state index contributed by atoms with van der Waals surface area (Å²) < 4.78 is 4.79. The lowest BCUT2D eigenvalue weighted by Gasteiger charge is -2.03. The molecule has 0 spiro atoms. The van der Waals surface area contributed by atoms with Gasteiger partial charge in [-0.25, -0.2) is 14.4 Å². The molecule has 7 nitrogen and oxygen atoms in total. The van der Waals surface area contributed by atoms with Gasteiger partial charge in [0.05, 0.1) is 12.2 Å². The van der Waals surface area contributed by atoms with E-state index in [-0.39, 0.29) is 29.8 Å². The summed E-state index contributed by atoms with van der Waals surface area (Å²) in [4.78, 5) is 36.3. The number of esters is 1. The molecular weight excluding hydrogens is 254 g/mol. The van der Waals surface area contributed by atoms with E-state index in [1.807, 2.05) is 0 Å². The van der Waals surface area contributed by atoms with Crippen LogP contribution in [0.15, 0.2) is 0 Å². The van der Waals surface area contributed by atoms with Crippen LogP contribution < -0.4 is 0 Å². The quantitative estimate of drug-likeness (QED) is 0.674. The van der Waals surface area contributed by atoms with E-state index in [0.29, 0.717) is 6.42 Å². The Hall–Kier alpha value is -2.31. The van der Waals surface area contributed by atoms with Crippen LogP contribution >= 0.6 is 0 Å². The molecule has 0 saturated heterocycles. The monoisotopic (exact) mass is 269 g/mol. The maximum absolute atomic E-state index is 11.7. The van der Waals surface area contributed by atoms with Crippen molar-refractivity contribution in [2.24, 2.45) is 0 Å². The number of aromatic nitrogens is 1. The van der Waals surface area contributed by atoms with Gasteiger partial charge in [-0.3, -0.25) is 0 Å². The van der Waals surface area contributed by atoms with Crippen molar-refractivity contribution in [3.8, 4) is 0 Å². The van der Waals surface area contributed by atoms with Crippen LogP contribution in [-0.2, 0) is 11.2 Å². The van der Waals surface area contributed by atoms with Crippen LogP contribution in [0.2, 0.25) is 0 Å². The first-order chi connectivity index (χ1) is 8.93. The number of ether oxygens (including phenoxy) is 1. The molecule has 0 radical (unpaired) electrons. The molecule has 0 aliphatic carbocycles. The normalized spacial score (nSPS) is 10.2. The van der Waals surface area contributed by atoms with Gasteiger partial charge in [-0.2, -0.15) is 0 Å². The number of carboxylic acids is 2. The molecule has 7 heteroatoms. The Kier molecular flexibility index (Phi) is 4.68. The minimum absolute atomic E-state index is 0.0986.